The lowest BCUT2D eigenvalue weighted by Crippen LogP contribution is -2.05. The molecule has 0 atom stereocenters. The fraction of sp³-hybridized carbons (Fsp3) is 0.111. The predicted molar refractivity (Wildman–Crippen MR) is 49.1 cm³/mol. The number of anilines is 1. The Morgan fingerprint density at radius 1 is 1.19 bits per heavy atom. The highest BCUT2D eigenvalue weighted by molar-refractivity contribution is 5.66. The summed E-state index contributed by atoms with van der Waals surface area (Å²) in [6.45, 7) is 0. The first-order valence-corrected chi connectivity index (χ1v) is 4.22. The smallest absolute Gasteiger partial charge is 0.394 e. The maximum absolute atomic E-state index is 12.2. The first kappa shape index (κ1) is 10.5. The average molecular weight is 229 g/mol. The van der Waals surface area contributed by atoms with E-state index in [0.29, 0.717) is 0 Å². The molecule has 16 heavy (non-hydrogen) atoms. The number of nitrogen functional groups attached to an aromatic ring is 1. The lowest BCUT2D eigenvalue weighted by molar-refractivity contribution is -0.137. The highest BCUT2D eigenvalue weighted by atomic mass is 19.4. The third-order valence-corrected chi connectivity index (χ3v) is 1.92. The molecule has 0 radical (unpaired) electrons. The van der Waals surface area contributed by atoms with Crippen LogP contribution in [0.3, 0.4) is 0 Å². The lowest BCUT2D eigenvalue weighted by Gasteiger charge is -2.05. The number of hydrogen-bond acceptors (Lipinski definition) is 4. The highest BCUT2D eigenvalue weighted by Gasteiger charge is 2.30. The Morgan fingerprint density at radius 2 is 1.94 bits per heavy atom. The normalized spacial score (nSPS) is 11.7. The Kier molecular flexibility index (Phi) is 2.30. The fourth-order valence-corrected chi connectivity index (χ4v) is 1.14. The zero-order valence-corrected chi connectivity index (χ0v) is 7.82. The van der Waals surface area contributed by atoms with Crippen LogP contribution in [0, 0.1) is 0 Å². The number of pyridine rings is 1. The molecule has 0 aromatic carbocycles. The molecule has 2 N–H and O–H groups in total. The number of aromatic nitrogens is 2. The van der Waals surface area contributed by atoms with Gasteiger partial charge >= 0.3 is 6.18 Å². The van der Waals surface area contributed by atoms with Gasteiger partial charge in [0.25, 0.3) is 0 Å². The molecule has 0 aliphatic heterocycles. The van der Waals surface area contributed by atoms with Crippen molar-refractivity contribution in [1.82, 2.24) is 10.1 Å². The van der Waals surface area contributed by atoms with Crippen LogP contribution < -0.4 is 5.73 Å². The average Bonchev–Trinajstić information content (AvgIpc) is 2.63. The lowest BCUT2D eigenvalue weighted by atomic mass is 10.2. The van der Waals surface area contributed by atoms with Gasteiger partial charge in [-0.3, -0.25) is 4.98 Å². The Hall–Kier alpha value is -2.05. The van der Waals surface area contributed by atoms with Gasteiger partial charge in [0.05, 0.1) is 11.8 Å². The monoisotopic (exact) mass is 229 g/mol. The van der Waals surface area contributed by atoms with E-state index in [1.165, 1.54) is 12.3 Å². The second kappa shape index (κ2) is 3.51. The van der Waals surface area contributed by atoms with E-state index < -0.39 is 11.7 Å². The van der Waals surface area contributed by atoms with Crippen LogP contribution in [-0.2, 0) is 6.18 Å². The number of nitrogens with zero attached hydrogens (tertiary/aromatic N) is 2. The fourth-order valence-electron chi connectivity index (χ4n) is 1.14. The van der Waals surface area contributed by atoms with Crippen LogP contribution in [0.2, 0.25) is 0 Å². The molecular weight excluding hydrogens is 223 g/mol. The van der Waals surface area contributed by atoms with E-state index in [0.717, 1.165) is 12.3 Å². The van der Waals surface area contributed by atoms with Crippen LogP contribution in [0.4, 0.5) is 18.9 Å². The molecule has 2 aromatic heterocycles. The minimum atomic E-state index is -4.40. The van der Waals surface area contributed by atoms with Crippen LogP contribution in [0.15, 0.2) is 29.0 Å². The molecule has 4 nitrogen and oxygen atoms in total. The summed E-state index contributed by atoms with van der Waals surface area (Å²) < 4.78 is 41.5. The van der Waals surface area contributed by atoms with Crippen molar-refractivity contribution in [2.45, 2.75) is 6.18 Å². The molecule has 7 heteroatoms. The highest BCUT2D eigenvalue weighted by Crippen LogP contribution is 2.30. The summed E-state index contributed by atoms with van der Waals surface area (Å²) in [5.41, 5.74) is 5.09. The second-order valence-corrected chi connectivity index (χ2v) is 3.04. The minimum Gasteiger partial charge on any atom is -0.394 e. The largest absolute Gasteiger partial charge is 0.417 e. The molecule has 84 valence electrons. The summed E-state index contributed by atoms with van der Waals surface area (Å²) in [5, 5.41) is 3.41. The van der Waals surface area contributed by atoms with Crippen molar-refractivity contribution in [2.24, 2.45) is 0 Å². The van der Waals surface area contributed by atoms with E-state index in [1.807, 2.05) is 0 Å². The third kappa shape index (κ3) is 1.83. The molecule has 2 heterocycles. The molecule has 0 aliphatic carbocycles. The van der Waals surface area contributed by atoms with Gasteiger partial charge in [-0.05, 0) is 12.1 Å². The van der Waals surface area contributed by atoms with Crippen molar-refractivity contribution in [2.75, 3.05) is 5.73 Å². The standard InChI is InChI=1S/C9H6F3N3O/c10-9(11,12)5-1-2-7(14-3-5)8-6(13)4-15-16-8/h1-4H,13H2. The summed E-state index contributed by atoms with van der Waals surface area (Å²) in [6, 6.07) is 2.09. The second-order valence-electron chi connectivity index (χ2n) is 3.04. The van der Waals surface area contributed by atoms with Crippen LogP contribution in [-0.4, -0.2) is 10.1 Å². The molecule has 0 amide bonds. The summed E-state index contributed by atoms with van der Waals surface area (Å²) >= 11 is 0. The Balaban J connectivity index is 2.37. The molecule has 0 saturated carbocycles. The van der Waals surface area contributed by atoms with Gasteiger partial charge < -0.3 is 10.3 Å². The molecule has 2 rings (SSSR count). The van der Waals surface area contributed by atoms with Gasteiger partial charge in [-0.25, -0.2) is 0 Å². The molecule has 2 aromatic rings. The maximum atomic E-state index is 12.2. The van der Waals surface area contributed by atoms with Gasteiger partial charge in [0, 0.05) is 6.20 Å². The SMILES string of the molecule is Nc1cnoc1-c1ccc(C(F)(F)F)cn1. The van der Waals surface area contributed by atoms with Crippen LogP contribution in [0.1, 0.15) is 5.56 Å². The Morgan fingerprint density at radius 3 is 2.38 bits per heavy atom. The third-order valence-electron chi connectivity index (χ3n) is 1.92. The summed E-state index contributed by atoms with van der Waals surface area (Å²) in [4.78, 5) is 3.61. The number of halogens is 3. The first-order valence-electron chi connectivity index (χ1n) is 4.22. The van der Waals surface area contributed by atoms with Gasteiger partial charge in [0.2, 0.25) is 5.76 Å². The van der Waals surface area contributed by atoms with Crippen molar-refractivity contribution in [1.29, 1.82) is 0 Å². The number of nitrogens with two attached hydrogens (primary N) is 1. The number of alkyl halides is 3. The van der Waals surface area contributed by atoms with Crippen molar-refractivity contribution in [3.8, 4) is 11.5 Å². The summed E-state index contributed by atoms with van der Waals surface area (Å²) in [7, 11) is 0. The van der Waals surface area contributed by atoms with Crippen LogP contribution in [0.5, 0.6) is 0 Å². The minimum absolute atomic E-state index is 0.161. The van der Waals surface area contributed by atoms with Crippen LogP contribution in [0.25, 0.3) is 11.5 Å². The summed E-state index contributed by atoms with van der Waals surface area (Å²) in [5.74, 6) is 0.161. The quantitative estimate of drug-likeness (QED) is 0.815. The van der Waals surface area contributed by atoms with E-state index in [9.17, 15) is 13.2 Å². The molecule has 0 aliphatic rings. The van der Waals surface area contributed by atoms with Gasteiger partial charge in [-0.1, -0.05) is 5.16 Å². The Labute approximate surface area is 87.9 Å². The Bertz CT molecular complexity index is 489. The maximum Gasteiger partial charge on any atom is 0.417 e. The van der Waals surface area contributed by atoms with Gasteiger partial charge in [0.15, 0.2) is 0 Å². The van der Waals surface area contributed by atoms with Crippen molar-refractivity contribution >= 4 is 5.69 Å². The van der Waals surface area contributed by atoms with Crippen molar-refractivity contribution in [3.63, 3.8) is 0 Å². The zero-order chi connectivity index (χ0) is 11.8. The molecule has 0 bridgehead atoms. The first-order chi connectivity index (χ1) is 7.48. The van der Waals surface area contributed by atoms with Crippen LogP contribution >= 0.6 is 0 Å². The van der Waals surface area contributed by atoms with E-state index >= 15 is 0 Å². The van der Waals surface area contributed by atoms with Gasteiger partial charge in [0.1, 0.15) is 11.4 Å². The van der Waals surface area contributed by atoms with Gasteiger partial charge in [-0.2, -0.15) is 13.2 Å². The van der Waals surface area contributed by atoms with Crippen molar-refractivity contribution in [3.05, 3.63) is 30.1 Å². The number of hydrogen-bond donors (Lipinski definition) is 1. The molecule has 0 fully saturated rings. The molecule has 0 saturated heterocycles. The molecule has 0 spiro atoms. The van der Waals surface area contributed by atoms with E-state index in [1.54, 1.807) is 0 Å². The topological polar surface area (TPSA) is 64.9 Å². The summed E-state index contributed by atoms with van der Waals surface area (Å²) in [6.07, 6.45) is -2.43. The zero-order valence-electron chi connectivity index (χ0n) is 7.82. The van der Waals surface area contributed by atoms with E-state index in [-0.39, 0.29) is 17.1 Å². The van der Waals surface area contributed by atoms with Crippen molar-refractivity contribution < 1.29 is 17.7 Å². The van der Waals surface area contributed by atoms with E-state index in [2.05, 4.69) is 10.1 Å². The van der Waals surface area contributed by atoms with Gasteiger partial charge in [-0.15, -0.1) is 0 Å². The molecular formula is C9H6F3N3O. The number of rotatable bonds is 1. The predicted octanol–water partition coefficient (Wildman–Crippen LogP) is 2.34. The molecule has 0 unspecified atom stereocenters. The van der Waals surface area contributed by atoms with E-state index in [4.69, 9.17) is 10.3 Å².